The van der Waals surface area contributed by atoms with Crippen molar-refractivity contribution >= 4 is 16.8 Å². The van der Waals surface area contributed by atoms with Crippen molar-refractivity contribution in [2.75, 3.05) is 31.1 Å². The van der Waals surface area contributed by atoms with Crippen molar-refractivity contribution in [3.05, 3.63) is 47.5 Å². The van der Waals surface area contributed by atoms with Crippen LogP contribution in [0.25, 0.3) is 11.0 Å². The van der Waals surface area contributed by atoms with Crippen LogP contribution in [0.2, 0.25) is 0 Å². The highest BCUT2D eigenvalue weighted by molar-refractivity contribution is 5.79. The Morgan fingerprint density at radius 2 is 1.83 bits per heavy atom. The zero-order chi connectivity index (χ0) is 16.5. The zero-order valence-electron chi connectivity index (χ0n) is 14.1. The highest BCUT2D eigenvalue weighted by Gasteiger charge is 2.21. The van der Waals surface area contributed by atoms with Crippen molar-refractivity contribution in [1.82, 2.24) is 20.0 Å². The standard InChI is InChI=1S/C18H21N5O/c1-13-14(2)19-12-20-18(13)23-9-7-22(8-10-23)11-16-15-5-3-4-6-17(15)24-21-16/h3-6,12H,7-11H2,1-2H3. The molecular weight excluding hydrogens is 302 g/mol. The molecule has 2 aromatic heterocycles. The number of nitrogens with zero attached hydrogens (tertiary/aromatic N) is 5. The highest BCUT2D eigenvalue weighted by atomic mass is 16.5. The van der Waals surface area contributed by atoms with Gasteiger partial charge in [-0.2, -0.15) is 0 Å². The van der Waals surface area contributed by atoms with Gasteiger partial charge in [0.2, 0.25) is 0 Å². The predicted molar refractivity (Wildman–Crippen MR) is 93.0 cm³/mol. The van der Waals surface area contributed by atoms with Gasteiger partial charge in [-0.3, -0.25) is 4.90 Å². The summed E-state index contributed by atoms with van der Waals surface area (Å²) in [6.07, 6.45) is 1.66. The normalized spacial score (nSPS) is 16.0. The maximum absolute atomic E-state index is 5.41. The number of hydrogen-bond donors (Lipinski definition) is 0. The molecule has 1 fully saturated rings. The number of hydrogen-bond acceptors (Lipinski definition) is 6. The van der Waals surface area contributed by atoms with Gasteiger partial charge in [-0.1, -0.05) is 17.3 Å². The molecule has 0 radical (unpaired) electrons. The van der Waals surface area contributed by atoms with Gasteiger partial charge < -0.3 is 9.42 Å². The van der Waals surface area contributed by atoms with Crippen LogP contribution in [0.1, 0.15) is 17.0 Å². The number of rotatable bonds is 3. The van der Waals surface area contributed by atoms with Crippen LogP contribution in [0.5, 0.6) is 0 Å². The first-order chi connectivity index (χ1) is 11.7. The number of anilines is 1. The summed E-state index contributed by atoms with van der Waals surface area (Å²) in [6.45, 7) is 8.87. The van der Waals surface area contributed by atoms with Gasteiger partial charge >= 0.3 is 0 Å². The van der Waals surface area contributed by atoms with Gasteiger partial charge in [0.1, 0.15) is 17.8 Å². The molecule has 1 aliphatic heterocycles. The molecule has 0 atom stereocenters. The molecule has 0 bridgehead atoms. The van der Waals surface area contributed by atoms with E-state index in [1.165, 1.54) is 5.56 Å². The lowest BCUT2D eigenvalue weighted by Gasteiger charge is -2.35. The average Bonchev–Trinajstić information content (AvgIpc) is 3.01. The number of fused-ring (bicyclic) bond motifs is 1. The maximum Gasteiger partial charge on any atom is 0.167 e. The summed E-state index contributed by atoms with van der Waals surface area (Å²) in [6, 6.07) is 8.04. The van der Waals surface area contributed by atoms with E-state index in [0.717, 1.165) is 60.9 Å². The number of aromatic nitrogens is 3. The Bertz CT molecular complexity index is 851. The molecule has 3 heterocycles. The third-order valence-corrected chi connectivity index (χ3v) is 4.81. The minimum Gasteiger partial charge on any atom is -0.356 e. The summed E-state index contributed by atoms with van der Waals surface area (Å²) in [5.41, 5.74) is 4.11. The van der Waals surface area contributed by atoms with Crippen LogP contribution in [0.4, 0.5) is 5.82 Å². The lowest BCUT2D eigenvalue weighted by molar-refractivity contribution is 0.242. The SMILES string of the molecule is Cc1ncnc(N2CCN(Cc3noc4ccccc34)CC2)c1C. The van der Waals surface area contributed by atoms with Crippen LogP contribution in [0.3, 0.4) is 0 Å². The molecule has 0 aliphatic carbocycles. The van der Waals surface area contributed by atoms with Crippen molar-refractivity contribution < 1.29 is 4.52 Å². The fourth-order valence-corrected chi connectivity index (χ4v) is 3.23. The molecule has 4 rings (SSSR count). The fraction of sp³-hybridized carbons (Fsp3) is 0.389. The van der Waals surface area contributed by atoms with E-state index in [9.17, 15) is 0 Å². The Morgan fingerprint density at radius 1 is 1.04 bits per heavy atom. The van der Waals surface area contributed by atoms with E-state index in [0.29, 0.717) is 0 Å². The third-order valence-electron chi connectivity index (χ3n) is 4.81. The van der Waals surface area contributed by atoms with Crippen molar-refractivity contribution in [3.8, 4) is 0 Å². The molecule has 6 nitrogen and oxygen atoms in total. The van der Waals surface area contributed by atoms with Gasteiger partial charge in [-0.25, -0.2) is 9.97 Å². The van der Waals surface area contributed by atoms with Crippen LogP contribution >= 0.6 is 0 Å². The maximum atomic E-state index is 5.41. The van der Waals surface area contributed by atoms with Crippen LogP contribution in [0, 0.1) is 13.8 Å². The highest BCUT2D eigenvalue weighted by Crippen LogP contribution is 2.22. The summed E-state index contributed by atoms with van der Waals surface area (Å²) in [5, 5.41) is 5.35. The summed E-state index contributed by atoms with van der Waals surface area (Å²) in [4.78, 5) is 13.5. The van der Waals surface area contributed by atoms with Gasteiger partial charge in [-0.15, -0.1) is 0 Å². The molecule has 0 amide bonds. The second kappa shape index (κ2) is 6.20. The van der Waals surface area contributed by atoms with Crippen LogP contribution < -0.4 is 4.90 Å². The van der Waals surface area contributed by atoms with Crippen molar-refractivity contribution in [2.45, 2.75) is 20.4 Å². The van der Waals surface area contributed by atoms with E-state index >= 15 is 0 Å². The molecule has 1 aromatic carbocycles. The van der Waals surface area contributed by atoms with Gasteiger partial charge in [-0.05, 0) is 26.0 Å². The minimum atomic E-state index is 0.826. The summed E-state index contributed by atoms with van der Waals surface area (Å²) in [7, 11) is 0. The number of piperazine rings is 1. The Kier molecular flexibility index (Phi) is 3.90. The molecular formula is C18H21N5O. The van der Waals surface area contributed by atoms with E-state index in [-0.39, 0.29) is 0 Å². The lowest BCUT2D eigenvalue weighted by Crippen LogP contribution is -2.46. The molecule has 24 heavy (non-hydrogen) atoms. The Labute approximate surface area is 141 Å². The van der Waals surface area contributed by atoms with Gasteiger partial charge in [0, 0.05) is 49.4 Å². The largest absolute Gasteiger partial charge is 0.356 e. The second-order valence-electron chi connectivity index (χ2n) is 6.30. The van der Waals surface area contributed by atoms with E-state index < -0.39 is 0 Å². The van der Waals surface area contributed by atoms with E-state index in [4.69, 9.17) is 4.52 Å². The van der Waals surface area contributed by atoms with Gasteiger partial charge in [0.15, 0.2) is 5.58 Å². The van der Waals surface area contributed by atoms with Crippen LogP contribution in [0.15, 0.2) is 35.1 Å². The Balaban J connectivity index is 1.44. The Morgan fingerprint density at radius 3 is 2.67 bits per heavy atom. The first kappa shape index (κ1) is 15.1. The van der Waals surface area contributed by atoms with E-state index in [1.807, 2.05) is 25.1 Å². The van der Waals surface area contributed by atoms with Gasteiger partial charge in [0.25, 0.3) is 0 Å². The smallest absolute Gasteiger partial charge is 0.167 e. The zero-order valence-corrected chi connectivity index (χ0v) is 14.1. The predicted octanol–water partition coefficient (Wildman–Crippen LogP) is 2.56. The van der Waals surface area contributed by atoms with Gasteiger partial charge in [0.05, 0.1) is 0 Å². The van der Waals surface area contributed by atoms with Crippen LogP contribution in [-0.2, 0) is 6.54 Å². The molecule has 1 aliphatic rings. The summed E-state index contributed by atoms with van der Waals surface area (Å²) >= 11 is 0. The molecule has 0 N–H and O–H groups in total. The molecule has 1 saturated heterocycles. The Hall–Kier alpha value is -2.47. The molecule has 0 unspecified atom stereocenters. The number of aryl methyl sites for hydroxylation is 1. The van der Waals surface area contributed by atoms with Crippen molar-refractivity contribution in [1.29, 1.82) is 0 Å². The summed E-state index contributed by atoms with van der Waals surface area (Å²) in [5.74, 6) is 1.06. The topological polar surface area (TPSA) is 58.3 Å². The number of benzene rings is 1. The fourth-order valence-electron chi connectivity index (χ4n) is 3.23. The molecule has 0 spiro atoms. The van der Waals surface area contributed by atoms with Crippen LogP contribution in [-0.4, -0.2) is 46.2 Å². The molecule has 3 aromatic rings. The molecule has 0 saturated carbocycles. The van der Waals surface area contributed by atoms with Crippen molar-refractivity contribution in [2.24, 2.45) is 0 Å². The summed E-state index contributed by atoms with van der Waals surface area (Å²) < 4.78 is 5.41. The van der Waals surface area contributed by atoms with Crippen molar-refractivity contribution in [3.63, 3.8) is 0 Å². The first-order valence-electron chi connectivity index (χ1n) is 8.31. The monoisotopic (exact) mass is 323 g/mol. The minimum absolute atomic E-state index is 0.826. The average molecular weight is 323 g/mol. The second-order valence-corrected chi connectivity index (χ2v) is 6.30. The third kappa shape index (κ3) is 2.73. The first-order valence-corrected chi connectivity index (χ1v) is 8.31. The lowest BCUT2D eigenvalue weighted by atomic mass is 10.2. The number of para-hydroxylation sites is 1. The molecule has 124 valence electrons. The quantitative estimate of drug-likeness (QED) is 0.738. The molecule has 6 heteroatoms. The van der Waals surface area contributed by atoms with E-state index in [2.05, 4.69) is 37.9 Å². The van der Waals surface area contributed by atoms with E-state index in [1.54, 1.807) is 6.33 Å².